The van der Waals surface area contributed by atoms with Gasteiger partial charge in [-0.3, -0.25) is 9.59 Å². The summed E-state index contributed by atoms with van der Waals surface area (Å²) in [6.07, 6.45) is 15.7. The van der Waals surface area contributed by atoms with Crippen LogP contribution in [-0.4, -0.2) is 68.0 Å². The minimum absolute atomic E-state index is 0.125. The van der Waals surface area contributed by atoms with Gasteiger partial charge < -0.3 is 0 Å². The van der Waals surface area contributed by atoms with Crippen LogP contribution in [0.4, 0.5) is 0 Å². The zero-order chi connectivity index (χ0) is 54.7. The Morgan fingerprint density at radius 1 is 0.480 bits per heavy atom. The third-order valence-electron chi connectivity index (χ3n) is 15.7. The minimum atomic E-state index is -2.50. The molecular formula is C68H88O4SiSn2. The predicted octanol–water partition coefficient (Wildman–Crippen LogP) is 16.2. The number of hydrogen-bond donors (Lipinski definition) is 0. The van der Waals surface area contributed by atoms with Crippen LogP contribution in [0.2, 0.25) is 47.8 Å². The Bertz CT molecular complexity index is 2900. The molecule has 0 saturated heterocycles. The van der Waals surface area contributed by atoms with Gasteiger partial charge in [0.05, 0.1) is 0 Å². The topological polar surface area (TPSA) is 68.3 Å². The second-order valence-electron chi connectivity index (χ2n) is 24.4. The van der Waals surface area contributed by atoms with Gasteiger partial charge in [0.2, 0.25) is 0 Å². The molecule has 0 aliphatic heterocycles. The molecule has 0 radical (unpaired) electrons. The van der Waals surface area contributed by atoms with Crippen molar-refractivity contribution in [1.82, 2.24) is 0 Å². The number of fused-ring (bicyclic) bond motifs is 4. The average molecular weight is 1230 g/mol. The fraction of sp³-hybridized carbons (Fsp3) is 0.441. The zero-order valence-electron chi connectivity index (χ0n) is 48.1. The first-order valence-corrected chi connectivity index (χ1v) is 49.5. The molecule has 0 amide bonds. The molecule has 0 fully saturated rings. The van der Waals surface area contributed by atoms with Gasteiger partial charge in [0, 0.05) is 28.5 Å². The number of rotatable bonds is 13. The molecule has 4 aliphatic rings. The molecule has 0 saturated carbocycles. The van der Waals surface area contributed by atoms with E-state index in [9.17, 15) is 19.2 Å². The molecule has 0 spiro atoms. The molecule has 5 aromatic carbocycles. The molecular weight excluding hydrogens is 1150 g/mol. The predicted molar refractivity (Wildman–Crippen MR) is 328 cm³/mol. The quantitative estimate of drug-likeness (QED) is 0.0669. The Balaban J connectivity index is 0.000000165. The molecule has 0 bridgehead atoms. The number of carbonyl (C=O) groups is 4. The molecule has 75 heavy (non-hydrogen) atoms. The van der Waals surface area contributed by atoms with Crippen molar-refractivity contribution in [3.63, 3.8) is 0 Å². The summed E-state index contributed by atoms with van der Waals surface area (Å²) < 4.78 is 7.36. The first kappa shape index (κ1) is 60.1. The van der Waals surface area contributed by atoms with Crippen LogP contribution in [0.15, 0.2) is 103 Å². The van der Waals surface area contributed by atoms with Gasteiger partial charge in [0.1, 0.15) is 8.07 Å². The van der Waals surface area contributed by atoms with Crippen molar-refractivity contribution < 1.29 is 19.2 Å². The number of ketones is 4. The fourth-order valence-electron chi connectivity index (χ4n) is 11.6. The van der Waals surface area contributed by atoms with E-state index in [2.05, 4.69) is 140 Å². The van der Waals surface area contributed by atoms with Crippen molar-refractivity contribution in [2.45, 2.75) is 160 Å². The molecule has 0 aromatic heterocycles. The van der Waals surface area contributed by atoms with Crippen LogP contribution in [-0.2, 0) is 25.7 Å². The fourth-order valence-corrected chi connectivity index (χ4v) is 33.6. The van der Waals surface area contributed by atoms with Gasteiger partial charge in [0.25, 0.3) is 0 Å². The van der Waals surface area contributed by atoms with E-state index >= 15 is 0 Å². The summed E-state index contributed by atoms with van der Waals surface area (Å²) in [7, 11) is -1.38. The molecule has 4 atom stereocenters. The number of unbranched alkanes of at least 4 members (excludes halogenated alkanes) is 3. The second kappa shape index (κ2) is 27.0. The van der Waals surface area contributed by atoms with E-state index in [0.29, 0.717) is 11.6 Å². The van der Waals surface area contributed by atoms with E-state index in [-0.39, 0.29) is 35.2 Å². The number of benzene rings is 5. The van der Waals surface area contributed by atoms with Gasteiger partial charge in [0.15, 0.2) is 11.6 Å². The molecule has 0 heterocycles. The summed E-state index contributed by atoms with van der Waals surface area (Å²) in [5.41, 5.74) is 15.6. The van der Waals surface area contributed by atoms with Crippen molar-refractivity contribution in [2.24, 2.45) is 23.7 Å². The van der Waals surface area contributed by atoms with Crippen LogP contribution in [0, 0.1) is 35.1 Å². The van der Waals surface area contributed by atoms with Crippen LogP contribution in [0.3, 0.4) is 0 Å². The summed E-state index contributed by atoms with van der Waals surface area (Å²) in [4.78, 5) is 56.4. The Kier molecular flexibility index (Phi) is 21.6. The monoisotopic (exact) mass is 1240 g/mol. The third kappa shape index (κ3) is 15.1. The van der Waals surface area contributed by atoms with E-state index in [0.717, 1.165) is 59.1 Å². The Morgan fingerprint density at radius 2 is 0.880 bits per heavy atom. The van der Waals surface area contributed by atoms with Gasteiger partial charge in [-0.05, 0) is 41.2 Å². The third-order valence-corrected chi connectivity index (χ3v) is 38.1. The Labute approximate surface area is 462 Å². The number of carbonyl (C=O) groups excluding carboxylic acids is 4. The average Bonchev–Trinajstić information content (AvgIpc) is 4.07. The Morgan fingerprint density at radius 3 is 1.35 bits per heavy atom. The molecule has 4 unspecified atom stereocenters. The molecule has 9 rings (SSSR count). The van der Waals surface area contributed by atoms with Crippen LogP contribution < -0.4 is 7.16 Å². The van der Waals surface area contributed by atoms with E-state index in [1.807, 2.05) is 69.3 Å². The molecule has 4 nitrogen and oxygen atoms in total. The van der Waals surface area contributed by atoms with E-state index in [1.54, 1.807) is 3.58 Å². The van der Waals surface area contributed by atoms with Gasteiger partial charge in [-0.1, -0.05) is 112 Å². The summed E-state index contributed by atoms with van der Waals surface area (Å²) in [5.74, 6) is 5.26. The van der Waals surface area contributed by atoms with Crippen molar-refractivity contribution in [3.05, 3.63) is 164 Å². The molecule has 5 aromatic rings. The summed E-state index contributed by atoms with van der Waals surface area (Å²) >= 11 is -4.63. The van der Waals surface area contributed by atoms with Crippen molar-refractivity contribution in [2.75, 3.05) is 0 Å². The van der Waals surface area contributed by atoms with Crippen LogP contribution in [0.25, 0.3) is 12.2 Å². The van der Waals surface area contributed by atoms with E-state index < -0.39 is 44.8 Å². The van der Waals surface area contributed by atoms with Gasteiger partial charge in [-0.25, -0.2) is 0 Å². The van der Waals surface area contributed by atoms with Crippen molar-refractivity contribution >= 4 is 87.3 Å². The SMILES string of the molecule is CC1Cc2ccc[c]([Sn]([CH3])([CH3])[CH3])c2C1=O.CC1Cc2cccc(C#C[Si](C)(C)C)c2C1=O.CC1Cc2cccc(C=Cc3ccccc3)c2C1=O.CCC[CH2][Sn]([CH2]CCC)([CH2]CCC)[c]1cccc2c1C(=O)C(C)C2. The first-order chi connectivity index (χ1) is 35.6. The summed E-state index contributed by atoms with van der Waals surface area (Å²) in [6.45, 7) is 21.8. The molecule has 0 N–H and O–H groups in total. The summed E-state index contributed by atoms with van der Waals surface area (Å²) in [5, 5.41) is 0. The van der Waals surface area contributed by atoms with Crippen molar-refractivity contribution in [1.29, 1.82) is 0 Å². The van der Waals surface area contributed by atoms with Crippen LogP contribution in [0.1, 0.15) is 167 Å². The van der Waals surface area contributed by atoms with Crippen LogP contribution >= 0.6 is 0 Å². The molecule has 7 heteroatoms. The molecule has 396 valence electrons. The second-order valence-corrected chi connectivity index (χ2v) is 56.6. The number of Topliss-reactive ketones (excluding diaryl/α,β-unsaturated/α-hetero) is 4. The van der Waals surface area contributed by atoms with Crippen molar-refractivity contribution in [3.8, 4) is 11.5 Å². The normalized spacial score (nSPS) is 18.4. The number of hydrogen-bond acceptors (Lipinski definition) is 4. The van der Waals surface area contributed by atoms with Gasteiger partial charge >= 0.3 is 250 Å². The standard InChI is InChI=1S/C18H16O.C15H18OSi.2C10H9O.3C4H9.3CH3.2Sn/c1-13-12-16-9-5-8-15(17(16)18(13)19)11-10-14-6-3-2-4-7-14;1-11-10-13-7-5-6-12(14(13)15(11)16)8-9-17(2,3)4;2*1-7-6-8-4-2-3-5-9(8)10(7)11;3*1-3-4-2;;;;;/h2-11,13H,12H2,1H3;5-7,11H,10H2,1-4H3;2*2-4,7H,6H2,1H3;3*1,3-4H2,2H3;3*1H3;;. The van der Waals surface area contributed by atoms with Gasteiger partial charge in [-0.15, -0.1) is 5.54 Å². The first-order valence-electron chi connectivity index (χ1n) is 28.6. The summed E-state index contributed by atoms with van der Waals surface area (Å²) in [6, 6.07) is 35.6. The molecule has 4 aliphatic carbocycles. The Hall–Kier alpha value is -4.11. The maximum absolute atomic E-state index is 12.9. The van der Waals surface area contributed by atoms with Crippen LogP contribution in [0.5, 0.6) is 0 Å². The van der Waals surface area contributed by atoms with E-state index in [1.165, 1.54) is 83.2 Å². The maximum atomic E-state index is 12.9. The van der Waals surface area contributed by atoms with Gasteiger partial charge in [-0.2, -0.15) is 0 Å². The zero-order valence-corrected chi connectivity index (χ0v) is 54.8. The van der Waals surface area contributed by atoms with E-state index in [4.69, 9.17) is 0 Å².